The van der Waals surface area contributed by atoms with E-state index in [2.05, 4.69) is 47.1 Å². The van der Waals surface area contributed by atoms with Crippen LogP contribution in [0.25, 0.3) is 0 Å². The van der Waals surface area contributed by atoms with E-state index >= 15 is 0 Å². The maximum atomic E-state index is 6.02. The Hall–Kier alpha value is -0.570. The van der Waals surface area contributed by atoms with Crippen LogP contribution in [-0.4, -0.2) is 47.9 Å². The molecule has 17 heavy (non-hydrogen) atoms. The Morgan fingerprint density at radius 2 is 1.65 bits per heavy atom. The lowest BCUT2D eigenvalue weighted by atomic mass is 10.2. The summed E-state index contributed by atoms with van der Waals surface area (Å²) in [5.74, 6) is 0. The van der Waals surface area contributed by atoms with Crippen molar-refractivity contribution in [1.82, 2.24) is 9.80 Å². The van der Waals surface area contributed by atoms with Crippen LogP contribution in [0.1, 0.15) is 12.5 Å². The van der Waals surface area contributed by atoms with Crippen molar-refractivity contribution < 1.29 is 0 Å². The van der Waals surface area contributed by atoms with Gasteiger partial charge >= 0.3 is 0 Å². The highest BCUT2D eigenvalue weighted by molar-refractivity contribution is 6.20. The lowest BCUT2D eigenvalue weighted by molar-refractivity contribution is 0.128. The van der Waals surface area contributed by atoms with E-state index in [-0.39, 0.29) is 5.38 Å². The molecular formula is C14H21ClN2. The summed E-state index contributed by atoms with van der Waals surface area (Å²) in [6, 6.07) is 10.7. The van der Waals surface area contributed by atoms with Crippen molar-refractivity contribution in [2.24, 2.45) is 0 Å². The summed E-state index contributed by atoms with van der Waals surface area (Å²) >= 11 is 6.02. The molecule has 1 fully saturated rings. The molecule has 0 aliphatic carbocycles. The quantitative estimate of drug-likeness (QED) is 0.760. The van der Waals surface area contributed by atoms with Crippen molar-refractivity contribution in [2.75, 3.05) is 32.7 Å². The summed E-state index contributed by atoms with van der Waals surface area (Å²) in [4.78, 5) is 4.98. The Kier molecular flexibility index (Phi) is 4.84. The van der Waals surface area contributed by atoms with Crippen LogP contribution in [0.5, 0.6) is 0 Å². The molecule has 1 unspecified atom stereocenters. The third-order valence-electron chi connectivity index (χ3n) is 3.22. The highest BCUT2D eigenvalue weighted by Crippen LogP contribution is 2.09. The molecule has 0 saturated carbocycles. The summed E-state index contributed by atoms with van der Waals surface area (Å²) in [5, 5.41) is 0.260. The minimum absolute atomic E-state index is 0.260. The monoisotopic (exact) mass is 252 g/mol. The van der Waals surface area contributed by atoms with Crippen LogP contribution in [0.15, 0.2) is 30.3 Å². The van der Waals surface area contributed by atoms with Gasteiger partial charge in [-0.1, -0.05) is 30.3 Å². The Balaban J connectivity index is 1.76. The molecule has 1 heterocycles. The number of hydrogen-bond acceptors (Lipinski definition) is 2. The predicted octanol–water partition coefficient (Wildman–Crippen LogP) is 2.43. The number of hydrogen-bond donors (Lipinski definition) is 0. The molecule has 2 rings (SSSR count). The highest BCUT2D eigenvalue weighted by atomic mass is 35.5. The number of nitrogens with zero attached hydrogens (tertiary/aromatic N) is 2. The second-order valence-electron chi connectivity index (χ2n) is 4.84. The fourth-order valence-electron chi connectivity index (χ4n) is 2.33. The summed E-state index contributed by atoms with van der Waals surface area (Å²) < 4.78 is 0. The second-order valence-corrected chi connectivity index (χ2v) is 5.59. The molecule has 0 N–H and O–H groups in total. The fraction of sp³-hybridized carbons (Fsp3) is 0.571. The van der Waals surface area contributed by atoms with Gasteiger partial charge in [-0.15, -0.1) is 11.6 Å². The first-order chi connectivity index (χ1) is 8.24. The minimum atomic E-state index is 0.260. The maximum absolute atomic E-state index is 6.02. The fourth-order valence-corrected chi connectivity index (χ4v) is 2.52. The van der Waals surface area contributed by atoms with Crippen LogP contribution in [0.4, 0.5) is 0 Å². The van der Waals surface area contributed by atoms with Crippen molar-refractivity contribution in [2.45, 2.75) is 18.8 Å². The van der Waals surface area contributed by atoms with Crippen LogP contribution in [0.2, 0.25) is 0 Å². The van der Waals surface area contributed by atoms with Gasteiger partial charge in [0.15, 0.2) is 0 Å². The molecule has 0 radical (unpaired) electrons. The first kappa shape index (κ1) is 12.9. The van der Waals surface area contributed by atoms with Crippen LogP contribution in [0.3, 0.4) is 0 Å². The first-order valence-corrected chi connectivity index (χ1v) is 6.80. The Morgan fingerprint density at radius 1 is 1.06 bits per heavy atom. The first-order valence-electron chi connectivity index (χ1n) is 6.37. The van der Waals surface area contributed by atoms with E-state index in [4.69, 9.17) is 11.6 Å². The smallest absolute Gasteiger partial charge is 0.0435 e. The number of alkyl halides is 1. The molecule has 1 aliphatic rings. The number of rotatable bonds is 4. The average molecular weight is 253 g/mol. The topological polar surface area (TPSA) is 6.48 Å². The van der Waals surface area contributed by atoms with Crippen molar-refractivity contribution in [3.05, 3.63) is 35.9 Å². The standard InChI is InChI=1S/C14H21ClN2/c1-13(15)11-16-7-9-17(10-8-16)12-14-5-3-2-4-6-14/h2-6,13H,7-12H2,1H3. The van der Waals surface area contributed by atoms with Crippen LogP contribution in [0, 0.1) is 0 Å². The van der Waals surface area contributed by atoms with Gasteiger partial charge in [-0.05, 0) is 12.5 Å². The molecule has 1 aromatic rings. The molecular weight excluding hydrogens is 232 g/mol. The molecule has 0 bridgehead atoms. The number of benzene rings is 1. The third-order valence-corrected chi connectivity index (χ3v) is 3.36. The average Bonchev–Trinajstić information content (AvgIpc) is 2.32. The van der Waals surface area contributed by atoms with E-state index in [9.17, 15) is 0 Å². The molecule has 0 spiro atoms. The third kappa shape index (κ3) is 4.30. The summed E-state index contributed by atoms with van der Waals surface area (Å²) in [6.07, 6.45) is 0. The van der Waals surface area contributed by atoms with E-state index in [1.807, 2.05) is 0 Å². The summed E-state index contributed by atoms with van der Waals surface area (Å²) in [6.45, 7) is 8.74. The molecule has 1 aromatic carbocycles. The zero-order chi connectivity index (χ0) is 12.1. The number of halogens is 1. The van der Waals surface area contributed by atoms with Gasteiger partial charge in [0.1, 0.15) is 0 Å². The highest BCUT2D eigenvalue weighted by Gasteiger charge is 2.17. The molecule has 1 atom stereocenters. The van der Waals surface area contributed by atoms with E-state index in [0.717, 1.165) is 39.3 Å². The van der Waals surface area contributed by atoms with Crippen molar-refractivity contribution in [3.8, 4) is 0 Å². The zero-order valence-corrected chi connectivity index (χ0v) is 11.2. The summed E-state index contributed by atoms with van der Waals surface area (Å²) in [7, 11) is 0. The molecule has 94 valence electrons. The second kappa shape index (κ2) is 6.39. The van der Waals surface area contributed by atoms with Gasteiger partial charge in [-0.3, -0.25) is 9.80 Å². The Bertz CT molecular complexity index is 318. The normalized spacial score (nSPS) is 20.4. The molecule has 3 heteroatoms. The van der Waals surface area contributed by atoms with Crippen molar-refractivity contribution in [3.63, 3.8) is 0 Å². The Labute approximate surface area is 109 Å². The van der Waals surface area contributed by atoms with E-state index in [0.29, 0.717) is 0 Å². The minimum Gasteiger partial charge on any atom is -0.299 e. The van der Waals surface area contributed by atoms with E-state index in [1.165, 1.54) is 5.56 Å². The van der Waals surface area contributed by atoms with Gasteiger partial charge in [0.25, 0.3) is 0 Å². The number of piperazine rings is 1. The van der Waals surface area contributed by atoms with Gasteiger partial charge in [0, 0.05) is 44.6 Å². The lowest BCUT2D eigenvalue weighted by Gasteiger charge is -2.35. The van der Waals surface area contributed by atoms with Crippen LogP contribution >= 0.6 is 11.6 Å². The Morgan fingerprint density at radius 3 is 2.24 bits per heavy atom. The lowest BCUT2D eigenvalue weighted by Crippen LogP contribution is -2.47. The molecule has 1 aliphatic heterocycles. The zero-order valence-electron chi connectivity index (χ0n) is 10.5. The molecule has 2 nitrogen and oxygen atoms in total. The van der Waals surface area contributed by atoms with Gasteiger partial charge in [0.2, 0.25) is 0 Å². The van der Waals surface area contributed by atoms with Gasteiger partial charge in [-0.25, -0.2) is 0 Å². The van der Waals surface area contributed by atoms with Gasteiger partial charge < -0.3 is 0 Å². The van der Waals surface area contributed by atoms with E-state index < -0.39 is 0 Å². The van der Waals surface area contributed by atoms with Crippen LogP contribution < -0.4 is 0 Å². The predicted molar refractivity (Wildman–Crippen MR) is 73.5 cm³/mol. The van der Waals surface area contributed by atoms with Crippen molar-refractivity contribution in [1.29, 1.82) is 0 Å². The molecule has 0 amide bonds. The van der Waals surface area contributed by atoms with Crippen LogP contribution in [-0.2, 0) is 6.54 Å². The largest absolute Gasteiger partial charge is 0.299 e. The molecule has 0 aromatic heterocycles. The van der Waals surface area contributed by atoms with Crippen molar-refractivity contribution >= 4 is 11.6 Å². The van der Waals surface area contributed by atoms with Gasteiger partial charge in [-0.2, -0.15) is 0 Å². The van der Waals surface area contributed by atoms with E-state index in [1.54, 1.807) is 0 Å². The van der Waals surface area contributed by atoms with Gasteiger partial charge in [0.05, 0.1) is 0 Å². The summed E-state index contributed by atoms with van der Waals surface area (Å²) in [5.41, 5.74) is 1.41. The SMILES string of the molecule is CC(Cl)CN1CCN(Cc2ccccc2)CC1. The molecule has 1 saturated heterocycles. The maximum Gasteiger partial charge on any atom is 0.0435 e.